The van der Waals surface area contributed by atoms with Crippen LogP contribution < -0.4 is 0 Å². The van der Waals surface area contributed by atoms with Crippen molar-refractivity contribution in [3.63, 3.8) is 0 Å². The molecule has 0 aromatic carbocycles. The number of rotatable bonds is 55. The van der Waals surface area contributed by atoms with Crippen molar-refractivity contribution in [3.8, 4) is 0 Å². The van der Waals surface area contributed by atoms with Crippen molar-refractivity contribution in [2.45, 2.75) is 290 Å². The maximum atomic E-state index is 12.9. The smallest absolute Gasteiger partial charge is 0.462 e. The number of aliphatic hydroxyl groups excluding tert-OH is 1. The third-order valence-corrected chi connectivity index (χ3v) is 13.7. The number of phosphoric ester groups is 1. The molecule has 3 atom stereocenters. The van der Waals surface area contributed by atoms with Gasteiger partial charge in [-0.3, -0.25) is 23.4 Å². The molecule has 0 spiro atoms. The van der Waals surface area contributed by atoms with Crippen molar-refractivity contribution >= 4 is 25.7 Å². The van der Waals surface area contributed by atoms with Gasteiger partial charge in [-0.1, -0.05) is 236 Å². The lowest BCUT2D eigenvalue weighted by Gasteiger charge is -2.21. The first-order valence-electron chi connectivity index (χ1n) is 29.5. The monoisotopic (exact) mass is 1040 g/mol. The summed E-state index contributed by atoms with van der Waals surface area (Å²) < 4.78 is 39.5. The maximum Gasteiger partial charge on any atom is 0.472 e. The highest BCUT2D eigenvalue weighted by Gasteiger charge is 2.28. The number of carbonyl (C=O) groups is 3. The van der Waals surface area contributed by atoms with Crippen LogP contribution >= 0.6 is 7.82 Å². The Morgan fingerprint density at radius 1 is 0.403 bits per heavy atom. The van der Waals surface area contributed by atoms with Crippen LogP contribution in [-0.4, -0.2) is 66.5 Å². The number of phosphoric acid groups is 1. The SMILES string of the molecule is CC/C=C\C/C=C\C/C=C\CCCCCCCC(=O)OCC(COP(=O)(O)OCC(CO)OC(=O)CCCCCCC/C=C\CCCC)OC(=O)CCCCCCCCCCCCCCCCCCCCC. The third kappa shape index (κ3) is 52.3. The van der Waals surface area contributed by atoms with Crippen molar-refractivity contribution in [3.05, 3.63) is 48.6 Å². The first-order valence-corrected chi connectivity index (χ1v) is 31.0. The van der Waals surface area contributed by atoms with Crippen LogP contribution in [0.15, 0.2) is 48.6 Å². The molecule has 72 heavy (non-hydrogen) atoms. The molecule has 0 heterocycles. The number of aliphatic hydroxyl groups is 1. The van der Waals surface area contributed by atoms with E-state index in [1.807, 2.05) is 0 Å². The zero-order valence-corrected chi connectivity index (χ0v) is 47.3. The summed E-state index contributed by atoms with van der Waals surface area (Å²) in [5.74, 6) is -1.48. The average Bonchev–Trinajstić information content (AvgIpc) is 3.37. The Labute approximate surface area is 441 Å². The largest absolute Gasteiger partial charge is 0.472 e. The normalized spacial score (nSPS) is 13.7. The minimum atomic E-state index is -4.75. The van der Waals surface area contributed by atoms with E-state index in [-0.39, 0.29) is 25.9 Å². The summed E-state index contributed by atoms with van der Waals surface area (Å²) in [6, 6.07) is 0. The Hall–Kier alpha value is -2.56. The van der Waals surface area contributed by atoms with Crippen molar-refractivity contribution in [2.24, 2.45) is 0 Å². The fourth-order valence-electron chi connectivity index (χ4n) is 8.24. The van der Waals surface area contributed by atoms with Crippen molar-refractivity contribution in [1.82, 2.24) is 0 Å². The first-order chi connectivity index (χ1) is 35.2. The van der Waals surface area contributed by atoms with Crippen LogP contribution in [0.1, 0.15) is 278 Å². The Kier molecular flexibility index (Phi) is 52.7. The molecule has 0 saturated carbocycles. The van der Waals surface area contributed by atoms with Gasteiger partial charge in [0.05, 0.1) is 19.8 Å². The summed E-state index contributed by atoms with van der Waals surface area (Å²) >= 11 is 0. The number of allylic oxidation sites excluding steroid dienone is 8. The van der Waals surface area contributed by atoms with Gasteiger partial charge in [0, 0.05) is 19.3 Å². The van der Waals surface area contributed by atoms with Crippen LogP contribution in [0.2, 0.25) is 0 Å². The van der Waals surface area contributed by atoms with E-state index in [1.54, 1.807) is 0 Å². The zero-order valence-electron chi connectivity index (χ0n) is 46.4. The molecule has 0 aliphatic rings. The highest BCUT2D eigenvalue weighted by Crippen LogP contribution is 2.43. The van der Waals surface area contributed by atoms with Gasteiger partial charge in [0.2, 0.25) is 0 Å². The summed E-state index contributed by atoms with van der Waals surface area (Å²) in [4.78, 5) is 48.5. The quantitative estimate of drug-likeness (QED) is 0.0197. The maximum absolute atomic E-state index is 12.9. The molecule has 3 unspecified atom stereocenters. The van der Waals surface area contributed by atoms with E-state index in [1.165, 1.54) is 109 Å². The Balaban J connectivity index is 4.70. The van der Waals surface area contributed by atoms with Gasteiger partial charge >= 0.3 is 25.7 Å². The molecule has 0 aliphatic heterocycles. The summed E-state index contributed by atoms with van der Waals surface area (Å²) in [7, 11) is -4.75. The van der Waals surface area contributed by atoms with Crippen LogP contribution in [0.3, 0.4) is 0 Å². The lowest BCUT2D eigenvalue weighted by Crippen LogP contribution is -2.30. The molecular formula is C60H109O11P. The van der Waals surface area contributed by atoms with Gasteiger partial charge in [-0.05, 0) is 70.6 Å². The van der Waals surface area contributed by atoms with E-state index in [0.717, 1.165) is 109 Å². The van der Waals surface area contributed by atoms with Crippen LogP contribution in [0.25, 0.3) is 0 Å². The Bertz CT molecular complexity index is 1400. The molecule has 0 fully saturated rings. The number of hydrogen-bond acceptors (Lipinski definition) is 10. The zero-order chi connectivity index (χ0) is 52.7. The molecule has 0 saturated heterocycles. The minimum absolute atomic E-state index is 0.167. The molecule has 0 aromatic heterocycles. The summed E-state index contributed by atoms with van der Waals surface area (Å²) in [6.45, 7) is 4.50. The molecule has 0 amide bonds. The summed E-state index contributed by atoms with van der Waals surface area (Å²) in [5.41, 5.74) is 0. The summed E-state index contributed by atoms with van der Waals surface area (Å²) in [6.07, 6.45) is 57.9. The standard InChI is InChI=1S/C60H109O11P/c1-4-7-10-13-16-19-22-24-26-27-28-29-31-33-36-39-42-45-48-51-60(64)71-57(53-67-58(62)49-46-43-40-37-35-32-30-25-23-20-17-14-11-8-5-2)55-69-72(65,66)68-54-56(52-61)70-59(63)50-47-44-41-38-34-21-18-15-12-9-6-3/h8,11,15,17-18,20,25,30,56-57,61H,4-7,9-10,12-14,16,19,21-24,26-29,31-55H2,1-3H3,(H,65,66)/b11-8-,18-15-,20-17-,30-25-. The van der Waals surface area contributed by atoms with Crippen molar-refractivity contribution in [1.29, 1.82) is 0 Å². The molecule has 0 aliphatic carbocycles. The molecule has 11 nitrogen and oxygen atoms in total. The molecule has 0 radical (unpaired) electrons. The molecule has 0 rings (SSSR count). The van der Waals surface area contributed by atoms with Crippen molar-refractivity contribution in [2.75, 3.05) is 26.4 Å². The second-order valence-electron chi connectivity index (χ2n) is 19.8. The van der Waals surface area contributed by atoms with Crippen LogP contribution in [0.4, 0.5) is 0 Å². The number of unbranched alkanes of at least 4 members (excludes halogenated alkanes) is 30. The van der Waals surface area contributed by atoms with E-state index in [2.05, 4.69) is 69.4 Å². The van der Waals surface area contributed by atoms with Gasteiger partial charge in [-0.2, -0.15) is 0 Å². The summed E-state index contributed by atoms with van der Waals surface area (Å²) in [5, 5.41) is 9.79. The predicted octanol–water partition coefficient (Wildman–Crippen LogP) is 17.4. The van der Waals surface area contributed by atoms with E-state index in [4.69, 9.17) is 23.3 Å². The average molecular weight is 1040 g/mol. The van der Waals surface area contributed by atoms with E-state index >= 15 is 0 Å². The van der Waals surface area contributed by atoms with Gasteiger partial charge < -0.3 is 24.2 Å². The molecule has 0 aromatic rings. The number of carbonyl (C=O) groups excluding carboxylic acids is 3. The van der Waals surface area contributed by atoms with Crippen molar-refractivity contribution < 1.29 is 52.2 Å². The predicted molar refractivity (Wildman–Crippen MR) is 298 cm³/mol. The highest BCUT2D eigenvalue weighted by atomic mass is 31.2. The molecule has 12 heteroatoms. The van der Waals surface area contributed by atoms with E-state index < -0.39 is 57.8 Å². The topological polar surface area (TPSA) is 155 Å². The number of ether oxygens (including phenoxy) is 3. The van der Waals surface area contributed by atoms with Gasteiger partial charge in [0.25, 0.3) is 0 Å². The second kappa shape index (κ2) is 54.7. The van der Waals surface area contributed by atoms with Gasteiger partial charge in [-0.25, -0.2) is 4.57 Å². The number of esters is 3. The van der Waals surface area contributed by atoms with E-state index in [9.17, 15) is 28.9 Å². The lowest BCUT2D eigenvalue weighted by atomic mass is 10.0. The second-order valence-corrected chi connectivity index (χ2v) is 21.2. The number of hydrogen-bond donors (Lipinski definition) is 2. The molecule has 420 valence electrons. The molecular weight excluding hydrogens is 928 g/mol. The fraction of sp³-hybridized carbons (Fsp3) is 0.817. The van der Waals surface area contributed by atoms with Crippen LogP contribution in [-0.2, 0) is 42.2 Å². The molecule has 2 N–H and O–H groups in total. The molecule has 0 bridgehead atoms. The van der Waals surface area contributed by atoms with Gasteiger partial charge in [-0.15, -0.1) is 0 Å². The first kappa shape index (κ1) is 69.4. The van der Waals surface area contributed by atoms with Gasteiger partial charge in [0.1, 0.15) is 12.7 Å². The van der Waals surface area contributed by atoms with Gasteiger partial charge in [0.15, 0.2) is 6.10 Å². The Morgan fingerprint density at radius 3 is 1.17 bits per heavy atom. The fourth-order valence-corrected chi connectivity index (χ4v) is 9.02. The van der Waals surface area contributed by atoms with Crippen LogP contribution in [0.5, 0.6) is 0 Å². The highest BCUT2D eigenvalue weighted by molar-refractivity contribution is 7.47. The van der Waals surface area contributed by atoms with Crippen LogP contribution in [0, 0.1) is 0 Å². The minimum Gasteiger partial charge on any atom is -0.462 e. The van der Waals surface area contributed by atoms with E-state index in [0.29, 0.717) is 19.3 Å². The lowest BCUT2D eigenvalue weighted by molar-refractivity contribution is -0.161. The third-order valence-electron chi connectivity index (χ3n) is 12.7. The Morgan fingerprint density at radius 2 is 0.736 bits per heavy atom.